The van der Waals surface area contributed by atoms with Gasteiger partial charge in [-0.15, -0.1) is 0 Å². The number of nitrogens with one attached hydrogen (secondary N) is 1. The Labute approximate surface area is 118 Å². The lowest BCUT2D eigenvalue weighted by atomic mass is 10.2. The van der Waals surface area contributed by atoms with E-state index in [0.717, 1.165) is 12.3 Å². The smallest absolute Gasteiger partial charge is 0.288 e. The quantitative estimate of drug-likeness (QED) is 0.508. The molecule has 9 heteroatoms. The van der Waals surface area contributed by atoms with Gasteiger partial charge in [0.25, 0.3) is 11.6 Å². The third-order valence-electron chi connectivity index (χ3n) is 2.47. The fourth-order valence-electron chi connectivity index (χ4n) is 1.51. The van der Waals surface area contributed by atoms with Gasteiger partial charge in [-0.3, -0.25) is 19.6 Å². The van der Waals surface area contributed by atoms with Crippen molar-refractivity contribution in [2.75, 3.05) is 6.54 Å². The molecular weight excluding hydrogens is 286 g/mol. The van der Waals surface area contributed by atoms with Gasteiger partial charge in [-0.1, -0.05) is 11.6 Å². The minimum Gasteiger partial charge on any atom is -0.350 e. The molecule has 0 saturated carbocycles. The van der Waals surface area contributed by atoms with Crippen LogP contribution in [-0.4, -0.2) is 32.1 Å². The second-order valence-electron chi connectivity index (χ2n) is 3.81. The molecule has 0 bridgehead atoms. The lowest BCUT2D eigenvalue weighted by Crippen LogP contribution is -2.27. The normalized spacial score (nSPS) is 10.2. The first-order valence-electron chi connectivity index (χ1n) is 5.63. The van der Waals surface area contributed by atoms with Crippen LogP contribution < -0.4 is 5.32 Å². The number of amides is 1. The van der Waals surface area contributed by atoms with Gasteiger partial charge in [0.05, 0.1) is 17.0 Å². The summed E-state index contributed by atoms with van der Waals surface area (Å²) in [5.41, 5.74) is -0.312. The lowest BCUT2D eigenvalue weighted by Gasteiger charge is -2.06. The number of nitro groups is 1. The van der Waals surface area contributed by atoms with Crippen LogP contribution in [-0.2, 0) is 6.54 Å². The average Bonchev–Trinajstić information content (AvgIpc) is 2.92. The van der Waals surface area contributed by atoms with E-state index in [0.29, 0.717) is 13.1 Å². The monoisotopic (exact) mass is 295 g/mol. The number of carbonyl (C=O) groups is 1. The molecule has 1 N–H and O–H groups in total. The van der Waals surface area contributed by atoms with E-state index in [1.807, 2.05) is 0 Å². The van der Waals surface area contributed by atoms with Crippen molar-refractivity contribution in [3.63, 3.8) is 0 Å². The molecule has 0 aliphatic carbocycles. The van der Waals surface area contributed by atoms with Gasteiger partial charge in [-0.25, -0.2) is 4.98 Å². The minimum atomic E-state index is -0.635. The number of hydrogen-bond acceptors (Lipinski definition) is 5. The summed E-state index contributed by atoms with van der Waals surface area (Å²) in [7, 11) is 0. The van der Waals surface area contributed by atoms with Crippen LogP contribution in [0.5, 0.6) is 0 Å². The molecule has 0 radical (unpaired) electrons. The van der Waals surface area contributed by atoms with E-state index in [2.05, 4.69) is 15.4 Å². The van der Waals surface area contributed by atoms with E-state index in [1.165, 1.54) is 0 Å². The molecule has 0 aliphatic heterocycles. The number of aromatic nitrogens is 3. The summed E-state index contributed by atoms with van der Waals surface area (Å²) in [4.78, 5) is 25.5. The fraction of sp³-hybridized carbons (Fsp3) is 0.182. The van der Waals surface area contributed by atoms with Crippen LogP contribution in [0.3, 0.4) is 0 Å². The van der Waals surface area contributed by atoms with E-state index in [1.54, 1.807) is 23.1 Å². The predicted molar refractivity (Wildman–Crippen MR) is 70.5 cm³/mol. The van der Waals surface area contributed by atoms with Gasteiger partial charge in [-0.05, 0) is 6.07 Å². The van der Waals surface area contributed by atoms with Gasteiger partial charge >= 0.3 is 0 Å². The third-order valence-corrected chi connectivity index (χ3v) is 2.77. The first-order valence-corrected chi connectivity index (χ1v) is 6.01. The number of halogens is 1. The van der Waals surface area contributed by atoms with Crippen molar-refractivity contribution in [3.05, 3.63) is 51.6 Å². The van der Waals surface area contributed by atoms with Gasteiger partial charge in [0.1, 0.15) is 11.3 Å². The van der Waals surface area contributed by atoms with Crippen molar-refractivity contribution in [3.8, 4) is 0 Å². The molecule has 0 unspecified atom stereocenters. The van der Waals surface area contributed by atoms with E-state index in [4.69, 9.17) is 11.6 Å². The van der Waals surface area contributed by atoms with Crippen molar-refractivity contribution in [2.24, 2.45) is 0 Å². The number of pyridine rings is 1. The SMILES string of the molecule is O=C(NCCn1cccn1)c1cc([N+](=O)[O-])cnc1Cl. The topological polar surface area (TPSA) is 103 Å². The summed E-state index contributed by atoms with van der Waals surface area (Å²) < 4.78 is 1.65. The maximum Gasteiger partial charge on any atom is 0.288 e. The summed E-state index contributed by atoms with van der Waals surface area (Å²) >= 11 is 5.76. The first kappa shape index (κ1) is 13.9. The first-order chi connectivity index (χ1) is 9.58. The molecule has 2 rings (SSSR count). The molecular formula is C11H10ClN5O3. The number of carbonyl (C=O) groups excluding carboxylic acids is 1. The third kappa shape index (κ3) is 3.29. The van der Waals surface area contributed by atoms with Crippen LogP contribution in [0.1, 0.15) is 10.4 Å². The van der Waals surface area contributed by atoms with Crippen LogP contribution in [0.2, 0.25) is 5.15 Å². The van der Waals surface area contributed by atoms with Crippen molar-refractivity contribution in [2.45, 2.75) is 6.54 Å². The zero-order valence-electron chi connectivity index (χ0n) is 10.2. The zero-order chi connectivity index (χ0) is 14.5. The van der Waals surface area contributed by atoms with Crippen molar-refractivity contribution < 1.29 is 9.72 Å². The van der Waals surface area contributed by atoms with Gasteiger partial charge in [0.2, 0.25) is 0 Å². The summed E-state index contributed by atoms with van der Waals surface area (Å²) in [5, 5.41) is 17.1. The lowest BCUT2D eigenvalue weighted by molar-refractivity contribution is -0.385. The van der Waals surface area contributed by atoms with E-state index >= 15 is 0 Å². The Morgan fingerprint density at radius 2 is 2.35 bits per heavy atom. The summed E-state index contributed by atoms with van der Waals surface area (Å²) in [6.45, 7) is 0.804. The predicted octanol–water partition coefficient (Wildman–Crippen LogP) is 1.27. The van der Waals surface area contributed by atoms with Gasteiger partial charge in [-0.2, -0.15) is 5.10 Å². The van der Waals surface area contributed by atoms with Crippen molar-refractivity contribution in [1.29, 1.82) is 0 Å². The molecule has 2 aromatic heterocycles. The van der Waals surface area contributed by atoms with Gasteiger partial charge in [0, 0.05) is 25.0 Å². The van der Waals surface area contributed by atoms with Crippen molar-refractivity contribution in [1.82, 2.24) is 20.1 Å². The average molecular weight is 296 g/mol. The Balaban J connectivity index is 2.01. The maximum absolute atomic E-state index is 11.9. The molecule has 1 amide bonds. The molecule has 2 aromatic rings. The Bertz CT molecular complexity index is 629. The van der Waals surface area contributed by atoms with Crippen molar-refractivity contribution >= 4 is 23.2 Å². The van der Waals surface area contributed by atoms with E-state index < -0.39 is 10.8 Å². The summed E-state index contributed by atoms with van der Waals surface area (Å²) in [6.07, 6.45) is 4.39. The van der Waals surface area contributed by atoms with Crippen LogP contribution in [0.15, 0.2) is 30.7 Å². The molecule has 0 aromatic carbocycles. The number of rotatable bonds is 5. The highest BCUT2D eigenvalue weighted by Gasteiger charge is 2.16. The summed E-state index contributed by atoms with van der Waals surface area (Å²) in [5.74, 6) is -0.515. The molecule has 2 heterocycles. The fourth-order valence-corrected chi connectivity index (χ4v) is 1.70. The number of nitrogens with zero attached hydrogens (tertiary/aromatic N) is 4. The second-order valence-corrected chi connectivity index (χ2v) is 4.17. The standard InChI is InChI=1S/C11H10ClN5O3/c12-10-9(6-8(7-14-10)17(19)20)11(18)13-3-5-16-4-1-2-15-16/h1-2,4,6-7H,3,5H2,(H,13,18). The molecule has 104 valence electrons. The zero-order valence-corrected chi connectivity index (χ0v) is 10.9. The van der Waals surface area contributed by atoms with E-state index in [9.17, 15) is 14.9 Å². The number of hydrogen-bond donors (Lipinski definition) is 1. The molecule has 0 fully saturated rings. The molecule has 20 heavy (non-hydrogen) atoms. The highest BCUT2D eigenvalue weighted by Crippen LogP contribution is 2.18. The van der Waals surface area contributed by atoms with E-state index in [-0.39, 0.29) is 16.4 Å². The Morgan fingerprint density at radius 1 is 1.55 bits per heavy atom. The highest BCUT2D eigenvalue weighted by atomic mass is 35.5. The van der Waals surface area contributed by atoms with Gasteiger partial charge < -0.3 is 5.32 Å². The van der Waals surface area contributed by atoms with Crippen LogP contribution in [0, 0.1) is 10.1 Å². The van der Waals surface area contributed by atoms with Crippen LogP contribution in [0.4, 0.5) is 5.69 Å². The Hall–Kier alpha value is -2.48. The molecule has 0 saturated heterocycles. The minimum absolute atomic E-state index is 0.0265. The Morgan fingerprint density at radius 3 is 3.00 bits per heavy atom. The maximum atomic E-state index is 11.9. The van der Waals surface area contributed by atoms with Crippen LogP contribution >= 0.6 is 11.6 Å². The molecule has 0 atom stereocenters. The Kier molecular flexibility index (Phi) is 4.26. The molecule has 8 nitrogen and oxygen atoms in total. The molecule has 0 aliphatic rings. The highest BCUT2D eigenvalue weighted by molar-refractivity contribution is 6.32. The second kappa shape index (κ2) is 6.11. The summed E-state index contributed by atoms with van der Waals surface area (Å²) in [6, 6.07) is 2.86. The molecule has 0 spiro atoms. The van der Waals surface area contributed by atoms with Gasteiger partial charge in [0.15, 0.2) is 0 Å². The largest absolute Gasteiger partial charge is 0.350 e. The van der Waals surface area contributed by atoms with Crippen LogP contribution in [0.25, 0.3) is 0 Å².